The molecule has 40 heavy (non-hydrogen) atoms. The summed E-state index contributed by atoms with van der Waals surface area (Å²) in [5.41, 5.74) is 1.64. The number of rotatable bonds is 15. The van der Waals surface area contributed by atoms with Gasteiger partial charge in [0.25, 0.3) is 0 Å². The Labute approximate surface area is 242 Å². The minimum atomic E-state index is -0.776. The van der Waals surface area contributed by atoms with Crippen molar-refractivity contribution < 1.29 is 23.8 Å². The van der Waals surface area contributed by atoms with Crippen molar-refractivity contribution in [3.05, 3.63) is 57.3 Å². The summed E-state index contributed by atoms with van der Waals surface area (Å²) in [4.78, 5) is 30.9. The molecule has 1 aliphatic carbocycles. The van der Waals surface area contributed by atoms with Gasteiger partial charge in [-0.1, -0.05) is 24.3 Å². The minimum Gasteiger partial charge on any atom is -0.459 e. The van der Waals surface area contributed by atoms with Gasteiger partial charge in [-0.05, 0) is 88.2 Å². The van der Waals surface area contributed by atoms with E-state index in [9.17, 15) is 9.59 Å². The van der Waals surface area contributed by atoms with Crippen LogP contribution in [0.5, 0.6) is 0 Å². The molecule has 4 aliphatic rings. The lowest BCUT2D eigenvalue weighted by Crippen LogP contribution is -2.58. The second-order valence-corrected chi connectivity index (χ2v) is 12.6. The first-order chi connectivity index (χ1) is 19.5. The maximum Gasteiger partial charge on any atom is 0.327 e. The highest BCUT2D eigenvalue weighted by molar-refractivity contribution is 7.14. The summed E-state index contributed by atoms with van der Waals surface area (Å²) >= 11 is 1.52. The Balaban J connectivity index is 1.17. The fraction of sp³-hybridized carbons (Fsp3) is 0.625. The van der Waals surface area contributed by atoms with Gasteiger partial charge in [0.15, 0.2) is 12.1 Å². The normalized spacial score (nSPS) is 22.9. The van der Waals surface area contributed by atoms with Gasteiger partial charge < -0.3 is 14.2 Å². The van der Waals surface area contributed by atoms with E-state index in [2.05, 4.69) is 22.3 Å². The summed E-state index contributed by atoms with van der Waals surface area (Å²) in [5, 5.41) is 3.62. The van der Waals surface area contributed by atoms with Crippen molar-refractivity contribution in [2.75, 3.05) is 32.8 Å². The molecule has 3 fully saturated rings. The molecular weight excluding hydrogens is 524 g/mol. The first-order valence-corrected chi connectivity index (χ1v) is 15.9. The zero-order valence-corrected chi connectivity index (χ0v) is 24.8. The van der Waals surface area contributed by atoms with Crippen LogP contribution in [0.15, 0.2) is 36.4 Å². The maximum absolute atomic E-state index is 13.8. The van der Waals surface area contributed by atoms with E-state index in [1.165, 1.54) is 22.5 Å². The Morgan fingerprint density at radius 1 is 1.02 bits per heavy atom. The third-order valence-corrected chi connectivity index (χ3v) is 9.81. The number of ether oxygens (including phenoxy) is 3. The van der Waals surface area contributed by atoms with E-state index < -0.39 is 5.54 Å². The van der Waals surface area contributed by atoms with Crippen molar-refractivity contribution in [1.82, 2.24) is 10.2 Å². The fourth-order valence-corrected chi connectivity index (χ4v) is 7.35. The fourth-order valence-electron chi connectivity index (χ4n) is 6.44. The number of esters is 1. The van der Waals surface area contributed by atoms with Crippen LogP contribution in [0.3, 0.4) is 0 Å². The molecule has 2 bridgehead atoms. The van der Waals surface area contributed by atoms with Gasteiger partial charge in [0.1, 0.15) is 11.6 Å². The lowest BCUT2D eigenvalue weighted by Gasteiger charge is -2.45. The SMILES string of the molecule is CCOC(CCCCC(=O)c1ccc(CNC2(C(=O)O[C@H]3CN4CCC3CC4)Cc3ccccc3C2)s1)OCC. The topological polar surface area (TPSA) is 77.1 Å². The summed E-state index contributed by atoms with van der Waals surface area (Å²) in [5.74, 6) is 0.517. The zero-order chi connectivity index (χ0) is 28.0. The molecule has 0 unspecified atom stereocenters. The van der Waals surface area contributed by atoms with E-state index in [-0.39, 0.29) is 24.1 Å². The van der Waals surface area contributed by atoms with Crippen LogP contribution in [0.2, 0.25) is 0 Å². The highest BCUT2D eigenvalue weighted by Gasteiger charge is 2.47. The number of unbranched alkanes of at least 4 members (excludes halogenated alkanes) is 1. The van der Waals surface area contributed by atoms with Gasteiger partial charge >= 0.3 is 5.97 Å². The Bertz CT molecular complexity index is 1110. The van der Waals surface area contributed by atoms with Crippen LogP contribution in [0.1, 0.15) is 78.0 Å². The van der Waals surface area contributed by atoms with Crippen molar-refractivity contribution >= 4 is 23.1 Å². The van der Waals surface area contributed by atoms with Gasteiger partial charge in [-0.2, -0.15) is 0 Å². The standard InChI is InChI=1S/C32H44N2O5S/c1-3-37-30(38-4-2)12-8-7-11-27(35)29-14-13-26(40-29)21-33-32(19-24-9-5-6-10-25(24)20-32)31(36)39-28-22-34-17-15-23(28)16-18-34/h5-6,9-10,13-14,23,28,30,33H,3-4,7-8,11-12,15-22H2,1-2H3/t28-/m0/s1. The second-order valence-electron chi connectivity index (χ2n) is 11.4. The second kappa shape index (κ2) is 13.7. The molecule has 4 heterocycles. The van der Waals surface area contributed by atoms with Gasteiger partial charge in [-0.15, -0.1) is 11.3 Å². The predicted octanol–water partition coefficient (Wildman–Crippen LogP) is 5.15. The molecule has 2 aromatic rings. The largest absolute Gasteiger partial charge is 0.459 e. The first-order valence-electron chi connectivity index (χ1n) is 15.1. The Hall–Kier alpha value is -2.10. The molecule has 218 valence electrons. The number of Topliss-reactive ketones (excluding diaryl/α,β-unsaturated/α-hetero) is 1. The molecule has 3 aliphatic heterocycles. The third-order valence-electron chi connectivity index (χ3n) is 8.68. The molecule has 8 heteroatoms. The van der Waals surface area contributed by atoms with Crippen LogP contribution < -0.4 is 5.32 Å². The molecule has 0 amide bonds. The highest BCUT2D eigenvalue weighted by Crippen LogP contribution is 2.35. The van der Waals surface area contributed by atoms with Crippen LogP contribution in [0.25, 0.3) is 0 Å². The zero-order valence-electron chi connectivity index (χ0n) is 24.0. The Kier molecular flexibility index (Phi) is 10.1. The Morgan fingerprint density at radius 3 is 2.35 bits per heavy atom. The van der Waals surface area contributed by atoms with Gasteiger partial charge in [-0.3, -0.25) is 19.8 Å². The molecule has 6 rings (SSSR count). The quantitative estimate of drug-likeness (QED) is 0.138. The summed E-state index contributed by atoms with van der Waals surface area (Å²) < 4.78 is 17.5. The summed E-state index contributed by atoms with van der Waals surface area (Å²) in [6.45, 7) is 8.81. The van der Waals surface area contributed by atoms with Crippen LogP contribution in [0.4, 0.5) is 0 Å². The number of nitrogens with zero attached hydrogens (tertiary/aromatic N) is 1. The van der Waals surface area contributed by atoms with Gasteiger partial charge in [0, 0.05) is 50.4 Å². The van der Waals surface area contributed by atoms with Crippen LogP contribution in [0, 0.1) is 5.92 Å². The van der Waals surface area contributed by atoms with Crippen LogP contribution in [-0.4, -0.2) is 67.4 Å². The van der Waals surface area contributed by atoms with E-state index in [1.54, 1.807) is 0 Å². The number of carbonyl (C=O) groups is 2. The summed E-state index contributed by atoms with van der Waals surface area (Å²) in [6.07, 6.45) is 6.31. The predicted molar refractivity (Wildman–Crippen MR) is 157 cm³/mol. The minimum absolute atomic E-state index is 0.0132. The molecule has 0 saturated carbocycles. The molecule has 1 aromatic carbocycles. The van der Waals surface area contributed by atoms with Gasteiger partial charge in [0.05, 0.1) is 4.88 Å². The van der Waals surface area contributed by atoms with Gasteiger partial charge in [-0.25, -0.2) is 0 Å². The van der Waals surface area contributed by atoms with E-state index in [0.29, 0.717) is 44.9 Å². The highest BCUT2D eigenvalue weighted by atomic mass is 32.1. The molecule has 1 aromatic heterocycles. The number of benzene rings is 1. The molecule has 1 atom stereocenters. The van der Waals surface area contributed by atoms with E-state index >= 15 is 0 Å². The number of fused-ring (bicyclic) bond motifs is 4. The molecule has 0 radical (unpaired) electrons. The average Bonchev–Trinajstić information content (AvgIpc) is 3.60. The number of thiophene rings is 1. The maximum atomic E-state index is 13.8. The molecule has 3 saturated heterocycles. The number of piperidine rings is 3. The average molecular weight is 569 g/mol. The molecule has 7 nitrogen and oxygen atoms in total. The molecule has 0 spiro atoms. The summed E-state index contributed by atoms with van der Waals surface area (Å²) in [6, 6.07) is 12.3. The third kappa shape index (κ3) is 7.02. The van der Waals surface area contributed by atoms with Crippen molar-refractivity contribution in [3.63, 3.8) is 0 Å². The first kappa shape index (κ1) is 29.4. The van der Waals surface area contributed by atoms with Gasteiger partial charge in [0.2, 0.25) is 0 Å². The Morgan fingerprint density at radius 2 is 1.73 bits per heavy atom. The van der Waals surface area contributed by atoms with Crippen molar-refractivity contribution in [3.8, 4) is 0 Å². The van der Waals surface area contributed by atoms with Crippen LogP contribution >= 0.6 is 11.3 Å². The van der Waals surface area contributed by atoms with Crippen LogP contribution in [-0.2, 0) is 38.4 Å². The number of nitrogens with one attached hydrogen (secondary N) is 1. The number of hydrogen-bond donors (Lipinski definition) is 1. The van der Waals surface area contributed by atoms with E-state index in [4.69, 9.17) is 14.2 Å². The molecular formula is C32H44N2O5S. The molecule has 1 N–H and O–H groups in total. The van der Waals surface area contributed by atoms with Crippen molar-refractivity contribution in [1.29, 1.82) is 0 Å². The lowest BCUT2D eigenvalue weighted by atomic mass is 9.85. The monoisotopic (exact) mass is 568 g/mol. The number of hydrogen-bond acceptors (Lipinski definition) is 8. The van der Waals surface area contributed by atoms with E-state index in [1.807, 2.05) is 38.1 Å². The number of ketones is 1. The van der Waals surface area contributed by atoms with Crippen molar-refractivity contribution in [2.45, 2.75) is 89.7 Å². The number of carbonyl (C=O) groups excluding carboxylic acids is 2. The lowest BCUT2D eigenvalue weighted by molar-refractivity contribution is -0.166. The summed E-state index contributed by atoms with van der Waals surface area (Å²) in [7, 11) is 0. The van der Waals surface area contributed by atoms with E-state index in [0.717, 1.165) is 61.5 Å². The smallest absolute Gasteiger partial charge is 0.327 e. The van der Waals surface area contributed by atoms with Crippen molar-refractivity contribution in [2.24, 2.45) is 5.92 Å².